The Labute approximate surface area is 151 Å². The predicted octanol–water partition coefficient (Wildman–Crippen LogP) is 3.02. The summed E-state index contributed by atoms with van der Waals surface area (Å²) in [5.41, 5.74) is 4.19. The molecule has 142 valence electrons. The van der Waals surface area contributed by atoms with Crippen LogP contribution in [0.25, 0.3) is 0 Å². The number of nitrogens with zero attached hydrogens (tertiary/aromatic N) is 2. The molecule has 0 unspecified atom stereocenters. The van der Waals surface area contributed by atoms with Crippen molar-refractivity contribution in [3.05, 3.63) is 52.5 Å². The Balaban J connectivity index is 2.22. The molecule has 2 aromatic rings. The molecule has 6 nitrogen and oxygen atoms in total. The molecule has 27 heavy (non-hydrogen) atoms. The van der Waals surface area contributed by atoms with Gasteiger partial charge in [-0.15, -0.1) is 0 Å². The molecular weight excluding hydrogens is 368 g/mol. The van der Waals surface area contributed by atoms with Gasteiger partial charge >= 0.3 is 6.18 Å². The molecule has 0 aliphatic heterocycles. The van der Waals surface area contributed by atoms with Crippen molar-refractivity contribution in [1.82, 2.24) is 10.3 Å². The molecule has 0 aliphatic carbocycles. The third-order valence-corrected chi connectivity index (χ3v) is 3.38. The fourth-order valence-corrected chi connectivity index (χ4v) is 2.20. The second kappa shape index (κ2) is 7.90. The van der Waals surface area contributed by atoms with Crippen LogP contribution in [0.1, 0.15) is 34.1 Å². The van der Waals surface area contributed by atoms with Crippen molar-refractivity contribution in [2.75, 3.05) is 12.3 Å². The Morgan fingerprint density at radius 2 is 2.04 bits per heavy atom. The number of hydrogen-bond acceptors (Lipinski definition) is 5. The van der Waals surface area contributed by atoms with Crippen molar-refractivity contribution < 1.29 is 27.1 Å². The molecule has 0 spiro atoms. The molecule has 3 N–H and O–H groups in total. The summed E-state index contributed by atoms with van der Waals surface area (Å²) >= 11 is 0. The molecule has 1 heterocycles. The molecular formula is C17H14F4N4O2. The smallest absolute Gasteiger partial charge is 0.416 e. The topological polar surface area (TPSA) is 101 Å². The summed E-state index contributed by atoms with van der Waals surface area (Å²) in [5, 5.41) is 11.4. The zero-order chi connectivity index (χ0) is 20.2. The number of carbonyl (C=O) groups is 1. The van der Waals surface area contributed by atoms with E-state index < -0.39 is 23.5 Å². The molecule has 0 aliphatic rings. The van der Waals surface area contributed by atoms with Crippen LogP contribution in [0.4, 0.5) is 23.2 Å². The van der Waals surface area contributed by atoms with Gasteiger partial charge in [-0.05, 0) is 36.8 Å². The maximum atomic E-state index is 13.4. The largest absolute Gasteiger partial charge is 0.477 e. The van der Waals surface area contributed by atoms with Gasteiger partial charge < -0.3 is 15.8 Å². The Kier molecular flexibility index (Phi) is 5.85. The molecule has 1 aromatic carbocycles. The maximum absolute atomic E-state index is 13.4. The lowest BCUT2D eigenvalue weighted by Gasteiger charge is -2.11. The van der Waals surface area contributed by atoms with E-state index in [4.69, 9.17) is 15.7 Å². The van der Waals surface area contributed by atoms with Gasteiger partial charge in [0.25, 0.3) is 5.91 Å². The highest BCUT2D eigenvalue weighted by molar-refractivity contribution is 5.93. The first-order valence-corrected chi connectivity index (χ1v) is 7.64. The molecule has 0 bridgehead atoms. The number of nitriles is 1. The number of alkyl halides is 3. The summed E-state index contributed by atoms with van der Waals surface area (Å²) in [6.45, 7) is 1.45. The summed E-state index contributed by atoms with van der Waals surface area (Å²) in [4.78, 5) is 16.1. The number of halogens is 4. The number of nitrogen functional groups attached to an aromatic ring is 1. The molecule has 10 heteroatoms. The van der Waals surface area contributed by atoms with Gasteiger partial charge in [-0.2, -0.15) is 18.4 Å². The Hall–Kier alpha value is -3.35. The van der Waals surface area contributed by atoms with Gasteiger partial charge in [0.2, 0.25) is 5.88 Å². The number of amides is 1. The Morgan fingerprint density at radius 1 is 1.33 bits per heavy atom. The van der Waals surface area contributed by atoms with Gasteiger partial charge in [0.15, 0.2) is 0 Å². The number of nitrogens with two attached hydrogens (primary N) is 1. The minimum atomic E-state index is -4.71. The van der Waals surface area contributed by atoms with E-state index in [1.165, 1.54) is 0 Å². The summed E-state index contributed by atoms with van der Waals surface area (Å²) in [7, 11) is 0. The van der Waals surface area contributed by atoms with Crippen molar-refractivity contribution in [1.29, 1.82) is 5.26 Å². The Morgan fingerprint density at radius 3 is 2.63 bits per heavy atom. The summed E-state index contributed by atoms with van der Waals surface area (Å²) in [5.74, 6) is -1.98. The molecule has 1 aromatic heterocycles. The molecule has 0 fully saturated rings. The lowest BCUT2D eigenvalue weighted by atomic mass is 10.1. The van der Waals surface area contributed by atoms with Gasteiger partial charge in [-0.1, -0.05) is 0 Å². The minimum absolute atomic E-state index is 0.0339. The fraction of sp³-hybridized carbons (Fsp3) is 0.235. The Bertz CT molecular complexity index is 907. The highest BCUT2D eigenvalue weighted by atomic mass is 19.4. The lowest BCUT2D eigenvalue weighted by Crippen LogP contribution is -2.24. The first-order valence-electron chi connectivity index (χ1n) is 7.64. The standard InChI is InChI=1S/C17H14F4N4O2/c1-2-27-16-12(7-22)13(23)6-14(25-16)15(26)24-8-9-3-10(17(19,20)21)5-11(18)4-9/h3-6H,2,8H2,1H3,(H2,23,25)(H,24,26). The van der Waals surface area contributed by atoms with Crippen LogP contribution in [0, 0.1) is 17.1 Å². The molecule has 0 saturated heterocycles. The van der Waals surface area contributed by atoms with Crippen molar-refractivity contribution >= 4 is 11.6 Å². The normalized spacial score (nSPS) is 11.0. The van der Waals surface area contributed by atoms with Crippen LogP contribution in [0.3, 0.4) is 0 Å². The number of anilines is 1. The van der Waals surface area contributed by atoms with Crippen LogP contribution in [-0.2, 0) is 12.7 Å². The van der Waals surface area contributed by atoms with Crippen LogP contribution in [0.2, 0.25) is 0 Å². The quantitative estimate of drug-likeness (QED) is 0.774. The van der Waals surface area contributed by atoms with Gasteiger partial charge in [-0.25, -0.2) is 9.37 Å². The van der Waals surface area contributed by atoms with E-state index in [0.29, 0.717) is 6.07 Å². The van der Waals surface area contributed by atoms with Crippen molar-refractivity contribution in [2.24, 2.45) is 0 Å². The van der Waals surface area contributed by atoms with E-state index >= 15 is 0 Å². The first-order chi connectivity index (χ1) is 12.7. The fourth-order valence-electron chi connectivity index (χ4n) is 2.20. The predicted molar refractivity (Wildman–Crippen MR) is 87.1 cm³/mol. The highest BCUT2D eigenvalue weighted by Gasteiger charge is 2.31. The zero-order valence-corrected chi connectivity index (χ0v) is 14.0. The molecule has 2 rings (SSSR count). The lowest BCUT2D eigenvalue weighted by molar-refractivity contribution is -0.137. The number of benzene rings is 1. The summed E-state index contributed by atoms with van der Waals surface area (Å²) in [6, 6.07) is 4.92. The highest BCUT2D eigenvalue weighted by Crippen LogP contribution is 2.30. The number of pyridine rings is 1. The van der Waals surface area contributed by atoms with Crippen LogP contribution in [0.15, 0.2) is 24.3 Å². The van der Waals surface area contributed by atoms with E-state index in [2.05, 4.69) is 10.3 Å². The monoisotopic (exact) mass is 382 g/mol. The SMILES string of the molecule is CCOc1nc(C(=O)NCc2cc(F)cc(C(F)(F)F)c2)cc(N)c1C#N. The number of hydrogen-bond donors (Lipinski definition) is 2. The van der Waals surface area contributed by atoms with Gasteiger partial charge in [0.1, 0.15) is 23.1 Å². The summed E-state index contributed by atoms with van der Waals surface area (Å²) < 4.78 is 56.7. The second-order valence-electron chi connectivity index (χ2n) is 5.35. The van der Waals surface area contributed by atoms with Crippen molar-refractivity contribution in [2.45, 2.75) is 19.6 Å². The number of nitrogens with one attached hydrogen (secondary N) is 1. The minimum Gasteiger partial charge on any atom is -0.477 e. The molecule has 0 saturated carbocycles. The summed E-state index contributed by atoms with van der Waals surface area (Å²) in [6.07, 6.45) is -4.71. The average Bonchev–Trinajstić information content (AvgIpc) is 2.58. The van der Waals surface area contributed by atoms with Crippen molar-refractivity contribution in [3.63, 3.8) is 0 Å². The van der Waals surface area contributed by atoms with Crippen LogP contribution >= 0.6 is 0 Å². The second-order valence-corrected chi connectivity index (χ2v) is 5.35. The third kappa shape index (κ3) is 4.84. The number of ether oxygens (including phenoxy) is 1. The average molecular weight is 382 g/mol. The van der Waals surface area contributed by atoms with Crippen LogP contribution < -0.4 is 15.8 Å². The van der Waals surface area contributed by atoms with E-state index in [9.17, 15) is 22.4 Å². The van der Waals surface area contributed by atoms with Crippen molar-refractivity contribution in [3.8, 4) is 11.9 Å². The number of rotatable bonds is 5. The molecule has 1 amide bonds. The van der Waals surface area contributed by atoms with E-state index in [1.54, 1.807) is 13.0 Å². The van der Waals surface area contributed by atoms with E-state index in [-0.39, 0.29) is 41.5 Å². The van der Waals surface area contributed by atoms with Gasteiger partial charge in [-0.3, -0.25) is 4.79 Å². The number of aromatic nitrogens is 1. The zero-order valence-electron chi connectivity index (χ0n) is 14.0. The molecule has 0 radical (unpaired) electrons. The number of carbonyl (C=O) groups excluding carboxylic acids is 1. The van der Waals surface area contributed by atoms with E-state index in [1.807, 2.05) is 0 Å². The van der Waals surface area contributed by atoms with Crippen LogP contribution in [-0.4, -0.2) is 17.5 Å². The van der Waals surface area contributed by atoms with Gasteiger partial charge in [0.05, 0.1) is 17.9 Å². The third-order valence-electron chi connectivity index (χ3n) is 3.38. The maximum Gasteiger partial charge on any atom is 0.416 e. The van der Waals surface area contributed by atoms with Gasteiger partial charge in [0, 0.05) is 6.54 Å². The first kappa shape index (κ1) is 20.0. The molecule has 0 atom stereocenters. The van der Waals surface area contributed by atoms with E-state index in [0.717, 1.165) is 18.2 Å². The van der Waals surface area contributed by atoms with Crippen LogP contribution in [0.5, 0.6) is 5.88 Å².